The maximum atomic E-state index is 12.7. The predicted octanol–water partition coefficient (Wildman–Crippen LogP) is 5.98. The van der Waals surface area contributed by atoms with E-state index in [4.69, 9.17) is 13.6 Å². The van der Waals surface area contributed by atoms with Gasteiger partial charge in [-0.25, -0.2) is 4.79 Å². The topological polar surface area (TPSA) is 48.7 Å². The van der Waals surface area contributed by atoms with Gasteiger partial charge >= 0.3 is 5.63 Å². The lowest BCUT2D eigenvalue weighted by molar-refractivity contribution is 0.301. The van der Waals surface area contributed by atoms with Gasteiger partial charge in [-0.2, -0.15) is 0 Å². The van der Waals surface area contributed by atoms with Crippen LogP contribution in [0.25, 0.3) is 22.1 Å². The molecule has 0 saturated carbocycles. The average molecular weight is 395 g/mol. The summed E-state index contributed by atoms with van der Waals surface area (Å²) in [4.78, 5) is 12.7. The summed E-state index contributed by atoms with van der Waals surface area (Å²) in [6, 6.07) is 14.4. The standard InChI is InChI=1S/C23H26O4Si/c1-23(2,3)14-28(4,5)27-15-10-11-17-20(12-15)25-13-18-16-8-6-7-9-19(16)26-22(24)21(17)18/h6-12H,13-14H2,1-5H3. The molecule has 4 rings (SSSR count). The Morgan fingerprint density at radius 2 is 1.86 bits per heavy atom. The molecule has 0 N–H and O–H groups in total. The monoisotopic (exact) mass is 394 g/mol. The summed E-state index contributed by atoms with van der Waals surface area (Å²) in [5.74, 6) is 1.47. The third-order valence-electron chi connectivity index (χ3n) is 4.87. The molecule has 3 aromatic rings. The Bertz CT molecular complexity index is 1110. The number of ether oxygens (including phenoxy) is 1. The molecule has 0 spiro atoms. The molecule has 0 radical (unpaired) electrons. The van der Waals surface area contributed by atoms with Crippen LogP contribution >= 0.6 is 0 Å². The van der Waals surface area contributed by atoms with Crippen molar-refractivity contribution in [3.8, 4) is 22.6 Å². The van der Waals surface area contributed by atoms with E-state index in [1.165, 1.54) is 0 Å². The molecule has 0 aliphatic carbocycles. The Kier molecular flexibility index (Phi) is 4.38. The van der Waals surface area contributed by atoms with Crippen LogP contribution in [-0.2, 0) is 6.61 Å². The van der Waals surface area contributed by atoms with Gasteiger partial charge in [-0.3, -0.25) is 0 Å². The second kappa shape index (κ2) is 6.52. The van der Waals surface area contributed by atoms with Crippen LogP contribution in [0.4, 0.5) is 0 Å². The van der Waals surface area contributed by atoms with E-state index in [0.717, 1.165) is 28.3 Å². The third kappa shape index (κ3) is 3.59. The van der Waals surface area contributed by atoms with E-state index in [1.54, 1.807) is 0 Å². The van der Waals surface area contributed by atoms with Gasteiger partial charge < -0.3 is 13.6 Å². The molecule has 1 aliphatic heterocycles. The molecule has 28 heavy (non-hydrogen) atoms. The van der Waals surface area contributed by atoms with Crippen molar-refractivity contribution in [2.24, 2.45) is 5.41 Å². The van der Waals surface area contributed by atoms with Crippen LogP contribution in [0.5, 0.6) is 11.5 Å². The zero-order valence-corrected chi connectivity index (χ0v) is 18.1. The summed E-state index contributed by atoms with van der Waals surface area (Å²) < 4.78 is 18.0. The third-order valence-corrected chi connectivity index (χ3v) is 7.57. The summed E-state index contributed by atoms with van der Waals surface area (Å²) in [7, 11) is -1.88. The van der Waals surface area contributed by atoms with Gasteiger partial charge in [0, 0.05) is 22.6 Å². The maximum absolute atomic E-state index is 12.7. The van der Waals surface area contributed by atoms with Crippen LogP contribution in [0.15, 0.2) is 51.7 Å². The van der Waals surface area contributed by atoms with E-state index >= 15 is 0 Å². The van der Waals surface area contributed by atoms with Gasteiger partial charge in [-0.15, -0.1) is 0 Å². The highest BCUT2D eigenvalue weighted by molar-refractivity contribution is 6.72. The number of rotatable bonds is 3. The van der Waals surface area contributed by atoms with E-state index < -0.39 is 8.32 Å². The van der Waals surface area contributed by atoms with Crippen molar-refractivity contribution in [2.75, 3.05) is 0 Å². The fourth-order valence-corrected chi connectivity index (χ4v) is 7.70. The van der Waals surface area contributed by atoms with Crippen molar-refractivity contribution in [1.82, 2.24) is 0 Å². The molecule has 0 amide bonds. The Morgan fingerprint density at radius 1 is 1.11 bits per heavy atom. The smallest absolute Gasteiger partial charge is 0.344 e. The fourth-order valence-electron chi connectivity index (χ4n) is 4.31. The Hall–Kier alpha value is -2.53. The first kappa shape index (κ1) is 18.8. The molecule has 5 heteroatoms. The van der Waals surface area contributed by atoms with Crippen LogP contribution in [-0.4, -0.2) is 8.32 Å². The summed E-state index contributed by atoms with van der Waals surface area (Å²) in [6.07, 6.45) is 0. The zero-order chi connectivity index (χ0) is 20.1. The summed E-state index contributed by atoms with van der Waals surface area (Å²) in [5, 5.41) is 0.918. The van der Waals surface area contributed by atoms with Gasteiger partial charge in [0.1, 0.15) is 23.7 Å². The highest BCUT2D eigenvalue weighted by Crippen LogP contribution is 2.41. The second-order valence-corrected chi connectivity index (χ2v) is 13.4. The molecule has 2 heterocycles. The van der Waals surface area contributed by atoms with Gasteiger partial charge in [0.15, 0.2) is 0 Å². The first-order chi connectivity index (χ1) is 13.1. The molecular weight excluding hydrogens is 368 g/mol. The second-order valence-electron chi connectivity index (χ2n) is 9.29. The zero-order valence-electron chi connectivity index (χ0n) is 17.1. The molecule has 1 aromatic heterocycles. The summed E-state index contributed by atoms with van der Waals surface area (Å²) in [5.41, 5.74) is 2.73. The van der Waals surface area contributed by atoms with Crippen LogP contribution in [0.3, 0.4) is 0 Å². The normalized spacial score (nSPS) is 13.6. The van der Waals surface area contributed by atoms with Gasteiger partial charge in [0.05, 0.1) is 5.56 Å². The Balaban J connectivity index is 1.73. The van der Waals surface area contributed by atoms with E-state index in [9.17, 15) is 4.79 Å². The largest absolute Gasteiger partial charge is 0.544 e. The van der Waals surface area contributed by atoms with Crippen molar-refractivity contribution >= 4 is 19.3 Å². The maximum Gasteiger partial charge on any atom is 0.344 e. The van der Waals surface area contributed by atoms with E-state index in [0.29, 0.717) is 23.5 Å². The van der Waals surface area contributed by atoms with Gasteiger partial charge in [-0.05, 0) is 42.8 Å². The van der Waals surface area contributed by atoms with Crippen LogP contribution in [0, 0.1) is 5.41 Å². The minimum absolute atomic E-state index is 0.222. The number of para-hydroxylation sites is 1. The van der Waals surface area contributed by atoms with Crippen molar-refractivity contribution in [3.05, 3.63) is 58.4 Å². The van der Waals surface area contributed by atoms with Crippen LogP contribution in [0.2, 0.25) is 19.1 Å². The molecule has 0 fully saturated rings. The van der Waals surface area contributed by atoms with Crippen molar-refractivity contribution in [3.63, 3.8) is 0 Å². The highest BCUT2D eigenvalue weighted by Gasteiger charge is 2.31. The number of benzene rings is 2. The Morgan fingerprint density at radius 3 is 2.61 bits per heavy atom. The van der Waals surface area contributed by atoms with E-state index in [1.807, 2.05) is 42.5 Å². The molecular formula is C23H26O4Si. The lowest BCUT2D eigenvalue weighted by atomic mass is 9.96. The molecule has 0 saturated heterocycles. The van der Waals surface area contributed by atoms with Crippen LogP contribution < -0.4 is 14.8 Å². The van der Waals surface area contributed by atoms with E-state index in [-0.39, 0.29) is 11.0 Å². The minimum atomic E-state index is -1.88. The number of fused-ring (bicyclic) bond motifs is 5. The first-order valence-corrected chi connectivity index (χ1v) is 12.8. The number of hydrogen-bond donors (Lipinski definition) is 0. The molecule has 0 bridgehead atoms. The fraction of sp³-hybridized carbons (Fsp3) is 0.348. The molecule has 4 nitrogen and oxygen atoms in total. The molecule has 0 unspecified atom stereocenters. The molecule has 146 valence electrons. The van der Waals surface area contributed by atoms with Gasteiger partial charge in [0.2, 0.25) is 8.32 Å². The van der Waals surface area contributed by atoms with Gasteiger partial charge in [-0.1, -0.05) is 39.0 Å². The summed E-state index contributed by atoms with van der Waals surface area (Å²) >= 11 is 0. The summed E-state index contributed by atoms with van der Waals surface area (Å²) in [6.45, 7) is 11.5. The minimum Gasteiger partial charge on any atom is -0.544 e. The predicted molar refractivity (Wildman–Crippen MR) is 115 cm³/mol. The highest BCUT2D eigenvalue weighted by atomic mass is 28.4. The van der Waals surface area contributed by atoms with Crippen LogP contribution in [0.1, 0.15) is 26.3 Å². The van der Waals surface area contributed by atoms with Crippen molar-refractivity contribution < 1.29 is 13.6 Å². The quantitative estimate of drug-likeness (QED) is 0.405. The lowest BCUT2D eigenvalue weighted by Gasteiger charge is -2.31. The van der Waals surface area contributed by atoms with Gasteiger partial charge in [0.25, 0.3) is 0 Å². The average Bonchev–Trinajstić information content (AvgIpc) is 2.58. The molecule has 1 aliphatic rings. The van der Waals surface area contributed by atoms with Crippen molar-refractivity contribution in [2.45, 2.75) is 46.5 Å². The molecule has 2 aromatic carbocycles. The van der Waals surface area contributed by atoms with Crippen molar-refractivity contribution in [1.29, 1.82) is 0 Å². The molecule has 0 atom stereocenters. The number of hydrogen-bond acceptors (Lipinski definition) is 4. The SMILES string of the molecule is CC(C)(C)C[Si](C)(C)Oc1ccc2c(c1)OCc1c-2c(=O)oc2ccccc12. The lowest BCUT2D eigenvalue weighted by Crippen LogP contribution is -2.38. The van der Waals surface area contributed by atoms with E-state index in [2.05, 4.69) is 33.9 Å². The first-order valence-electron chi connectivity index (χ1n) is 9.64. The Labute approximate surface area is 166 Å².